The van der Waals surface area contributed by atoms with Crippen molar-refractivity contribution in [3.63, 3.8) is 0 Å². The van der Waals surface area contributed by atoms with Crippen LogP contribution in [0.25, 0.3) is 0 Å². The number of halogens is 6. The largest absolute Gasteiger partial charge is 0.509 e. The van der Waals surface area contributed by atoms with Crippen molar-refractivity contribution in [1.82, 2.24) is 5.32 Å². The van der Waals surface area contributed by atoms with Gasteiger partial charge in [-0.15, -0.1) is 0 Å². The molecule has 2 aromatic rings. The quantitative estimate of drug-likeness (QED) is 0.0646. The monoisotopic (exact) mass is 1270 g/mol. The molecule has 2 unspecified atom stereocenters. The van der Waals surface area contributed by atoms with E-state index in [0.717, 1.165) is 12.5 Å². The molecule has 5 aliphatic rings. The molecule has 27 heteroatoms. The van der Waals surface area contributed by atoms with Gasteiger partial charge in [0, 0.05) is 25.2 Å². The summed E-state index contributed by atoms with van der Waals surface area (Å²) in [6.45, 7) is 8.43. The highest BCUT2D eigenvalue weighted by molar-refractivity contribution is 6.68. The second kappa shape index (κ2) is 25.0. The molecule has 1 aliphatic heterocycles. The minimum absolute atomic E-state index is 0.0220. The summed E-state index contributed by atoms with van der Waals surface area (Å²) in [5.41, 5.74) is -9.88. The number of ether oxygens (including phenoxy) is 11. The predicted octanol–water partition coefficient (Wildman–Crippen LogP) is 9.13. The van der Waals surface area contributed by atoms with Crippen LogP contribution in [0.2, 0.25) is 0 Å². The van der Waals surface area contributed by atoms with Crippen LogP contribution in [-0.2, 0) is 77.9 Å². The summed E-state index contributed by atoms with van der Waals surface area (Å²) in [6.07, 6.45) is -15.5. The van der Waals surface area contributed by atoms with Crippen molar-refractivity contribution < 1.29 is 95.6 Å². The zero-order valence-electron chi connectivity index (χ0n) is 45.8. The van der Waals surface area contributed by atoms with E-state index in [4.69, 9.17) is 122 Å². The van der Waals surface area contributed by atoms with E-state index in [-0.39, 0.29) is 23.3 Å². The molecule has 4 fully saturated rings. The van der Waals surface area contributed by atoms with E-state index < -0.39 is 177 Å². The number of fused-ring (bicyclic) bond motifs is 5. The topological polar surface area (TPSA) is 270 Å². The number of rotatable bonds is 17. The van der Waals surface area contributed by atoms with Crippen LogP contribution in [0, 0.1) is 22.7 Å². The van der Waals surface area contributed by atoms with E-state index >= 15 is 9.59 Å². The van der Waals surface area contributed by atoms with Gasteiger partial charge in [-0.05, 0) is 82.2 Å². The van der Waals surface area contributed by atoms with Crippen LogP contribution in [-0.4, -0.2) is 147 Å². The molecule has 3 saturated carbocycles. The number of esters is 4. The van der Waals surface area contributed by atoms with Crippen LogP contribution in [0.5, 0.6) is 0 Å². The number of carbonyl (C=O) groups excluding carboxylic acids is 8. The Kier molecular flexibility index (Phi) is 19.7. The maximum atomic E-state index is 16.5. The fourth-order valence-electron chi connectivity index (χ4n) is 11.4. The predicted molar refractivity (Wildman–Crippen MR) is 292 cm³/mol. The van der Waals surface area contributed by atoms with Gasteiger partial charge in [0.2, 0.25) is 13.7 Å². The van der Waals surface area contributed by atoms with E-state index in [0.29, 0.717) is 12.8 Å². The van der Waals surface area contributed by atoms with Crippen LogP contribution < -0.4 is 5.32 Å². The van der Waals surface area contributed by atoms with Crippen molar-refractivity contribution in [2.24, 2.45) is 22.7 Å². The van der Waals surface area contributed by atoms with Crippen LogP contribution in [0.15, 0.2) is 71.8 Å². The summed E-state index contributed by atoms with van der Waals surface area (Å²) in [4.78, 5) is 115. The summed E-state index contributed by atoms with van der Waals surface area (Å²) >= 11 is 35.6. The molecular formula is C55H63Cl6NO20. The second-order valence-electron chi connectivity index (χ2n) is 22.5. The number of benzene rings is 2. The van der Waals surface area contributed by atoms with Crippen molar-refractivity contribution in [2.75, 3.05) is 26.4 Å². The molecule has 0 aromatic heterocycles. The average Bonchev–Trinajstić information content (AvgIpc) is 2.20. The number of alkyl carbamates (subject to hydrolysis) is 1. The van der Waals surface area contributed by atoms with Crippen molar-refractivity contribution in [1.29, 1.82) is 0 Å². The number of nitrogens with one attached hydrogen (secondary N) is 1. The summed E-state index contributed by atoms with van der Waals surface area (Å²) in [7, 11) is 0. The molecule has 7 rings (SSSR count). The number of aliphatic hydroxyl groups is 1. The number of hydrogen-bond donors (Lipinski definition) is 2. The van der Waals surface area contributed by atoms with Gasteiger partial charge < -0.3 is 62.5 Å². The van der Waals surface area contributed by atoms with Gasteiger partial charge in [0.05, 0.1) is 36.2 Å². The second-order valence-corrected chi connectivity index (χ2v) is 27.5. The van der Waals surface area contributed by atoms with Crippen LogP contribution in [0.4, 0.5) is 14.4 Å². The van der Waals surface area contributed by atoms with E-state index in [9.17, 15) is 33.9 Å². The Morgan fingerprint density at radius 1 is 0.817 bits per heavy atom. The van der Waals surface area contributed by atoms with Crippen molar-refractivity contribution in [3.8, 4) is 0 Å². The molecule has 450 valence electrons. The van der Waals surface area contributed by atoms with Crippen LogP contribution in [0.1, 0.15) is 97.0 Å². The zero-order chi connectivity index (χ0) is 60.5. The molecule has 4 aliphatic carbocycles. The molecule has 2 aromatic carbocycles. The first-order valence-corrected chi connectivity index (χ1v) is 28.2. The number of carbonyl (C=O) groups is 8. The number of ketones is 1. The third-order valence-corrected chi connectivity index (χ3v) is 15.9. The van der Waals surface area contributed by atoms with Crippen LogP contribution in [0.3, 0.4) is 0 Å². The van der Waals surface area contributed by atoms with Gasteiger partial charge in [-0.25, -0.2) is 28.8 Å². The lowest BCUT2D eigenvalue weighted by Crippen LogP contribution is -2.82. The van der Waals surface area contributed by atoms with E-state index in [1.165, 1.54) is 52.0 Å². The molecular weight excluding hydrogens is 1210 g/mol. The summed E-state index contributed by atoms with van der Waals surface area (Å²) < 4.78 is 60.1. The van der Waals surface area contributed by atoms with E-state index in [1.807, 2.05) is 0 Å². The Labute approximate surface area is 502 Å². The van der Waals surface area contributed by atoms with Gasteiger partial charge in [0.25, 0.3) is 0 Å². The first-order valence-electron chi connectivity index (χ1n) is 26.0. The molecule has 1 heterocycles. The maximum Gasteiger partial charge on any atom is 0.509 e. The first kappa shape index (κ1) is 64.7. The molecule has 1 saturated heterocycles. The Balaban J connectivity index is 1.43. The molecule has 2 bridgehead atoms. The van der Waals surface area contributed by atoms with Gasteiger partial charge in [-0.3, -0.25) is 9.59 Å². The maximum absolute atomic E-state index is 16.5. The lowest BCUT2D eigenvalue weighted by molar-refractivity contribution is -0.346. The summed E-state index contributed by atoms with van der Waals surface area (Å²) in [5.74, 6) is -7.86. The SMILES string of the molecule is CC(=O)O[C@@]12CO[C@@H]1C[C@H](OC(=O)OCC(Cl)(Cl)Cl)[C@@]1(C)C(=O)[C@H](OC(=O)OCC(Cl)(Cl)Cl)C3=C(C)[C@@H](OC(=O)C(OC(=O)COCc4ccccc4)C(NC(=O)OC(C)(C)C)C4CC4)C[C@@](O)([C@@H](OC(=O)c4ccccc4)[C@H]21)C3(C)C. The Bertz CT molecular complexity index is 2780. The summed E-state index contributed by atoms with van der Waals surface area (Å²) in [5, 5.41) is 16.9. The zero-order valence-corrected chi connectivity index (χ0v) is 50.3. The minimum atomic E-state index is -2.69. The van der Waals surface area contributed by atoms with Gasteiger partial charge in [-0.1, -0.05) is 132 Å². The smallest absolute Gasteiger partial charge is 0.455 e. The molecule has 11 atom stereocenters. The molecule has 2 N–H and O–H groups in total. The first-order chi connectivity index (χ1) is 38.1. The molecule has 0 radical (unpaired) electrons. The lowest BCUT2D eigenvalue weighted by Gasteiger charge is -2.67. The van der Waals surface area contributed by atoms with Gasteiger partial charge >= 0.3 is 42.3 Å². The summed E-state index contributed by atoms with van der Waals surface area (Å²) in [6, 6.07) is 15.1. The van der Waals surface area contributed by atoms with E-state index in [1.54, 1.807) is 57.2 Å². The molecule has 1 amide bonds. The fourth-order valence-corrected chi connectivity index (χ4v) is 11.7. The normalized spacial score (nSPS) is 28.3. The van der Waals surface area contributed by atoms with Crippen LogP contribution >= 0.6 is 69.6 Å². The highest BCUT2D eigenvalue weighted by Crippen LogP contribution is 2.65. The van der Waals surface area contributed by atoms with Crippen molar-refractivity contribution in [3.05, 3.63) is 82.9 Å². The number of Topliss-reactive ketones (excluding diaryl/α,β-unsaturated/α-hetero) is 1. The average molecular weight is 1270 g/mol. The third-order valence-electron chi connectivity index (χ3n) is 15.2. The molecule has 0 spiro atoms. The lowest BCUT2D eigenvalue weighted by atomic mass is 9.44. The van der Waals surface area contributed by atoms with Crippen molar-refractivity contribution in [2.45, 2.75) is 155 Å². The Morgan fingerprint density at radius 3 is 1.94 bits per heavy atom. The Morgan fingerprint density at radius 2 is 1.40 bits per heavy atom. The fraction of sp³-hybridized carbons (Fsp3) is 0.600. The number of hydrogen-bond acceptors (Lipinski definition) is 20. The minimum Gasteiger partial charge on any atom is -0.455 e. The Hall–Kier alpha value is -4.84. The van der Waals surface area contributed by atoms with Gasteiger partial charge in [0.1, 0.15) is 55.4 Å². The van der Waals surface area contributed by atoms with E-state index in [2.05, 4.69) is 5.32 Å². The number of alkyl halides is 6. The molecule has 82 heavy (non-hydrogen) atoms. The number of amides is 1. The highest BCUT2D eigenvalue weighted by Gasteiger charge is 2.79. The van der Waals surface area contributed by atoms with Crippen molar-refractivity contribution >= 4 is 118 Å². The molecule has 21 nitrogen and oxygen atoms in total. The highest BCUT2D eigenvalue weighted by atomic mass is 35.6. The van der Waals surface area contributed by atoms with Gasteiger partial charge in [0.15, 0.2) is 17.5 Å². The standard InChI is InChI=1S/C55H63Cl6NO20/c1-28-33(76-45(67)40(38(31-19-20-31)62-46(68)82-49(3,4)5)78-36(64)24-72-23-30-15-11-9-12-16-30)22-53(71)43(80-44(66)32-17-13-10-14-18-32)41-51(8,42(65)39(37(28)50(53,6)7)79-48(70)75-27-55(59,60)61)34(77-47(69)74-26-54(56,57)58)21-35-52(41,25-73-35)81-29(2)63/h9-18,31,33-35,38-41,43,71H,19-27H2,1-8H3,(H,62,68)/t33-,34-,35+,38?,39+,40?,41-,43-,51+,52-,53+/m0/s1. The third kappa shape index (κ3) is 14.6. The van der Waals surface area contributed by atoms with Gasteiger partial charge in [-0.2, -0.15) is 0 Å².